The minimum Gasteiger partial charge on any atom is -0.491 e. The average Bonchev–Trinajstić information content (AvgIpc) is 2.80. The summed E-state index contributed by atoms with van der Waals surface area (Å²) in [6.07, 6.45) is 1.04. The summed E-state index contributed by atoms with van der Waals surface area (Å²) in [4.78, 5) is 2.25. The molecule has 0 aromatic heterocycles. The molecule has 18 heavy (non-hydrogen) atoms. The van der Waals surface area contributed by atoms with Crippen LogP contribution in [0.25, 0.3) is 0 Å². The molecule has 1 aliphatic rings. The van der Waals surface area contributed by atoms with Gasteiger partial charge in [-0.25, -0.2) is 4.39 Å². The molecule has 0 bridgehead atoms. The molecular formula is C13H17ClFNO2. The van der Waals surface area contributed by atoms with Crippen molar-refractivity contribution in [3.8, 4) is 5.75 Å². The lowest BCUT2D eigenvalue weighted by Crippen LogP contribution is -2.26. The molecule has 0 saturated carbocycles. The van der Waals surface area contributed by atoms with Gasteiger partial charge in [0.15, 0.2) is 0 Å². The van der Waals surface area contributed by atoms with E-state index in [0.29, 0.717) is 23.3 Å². The maximum atomic E-state index is 12.8. The monoisotopic (exact) mass is 273 g/mol. The second kappa shape index (κ2) is 6.36. The van der Waals surface area contributed by atoms with E-state index in [1.54, 1.807) is 0 Å². The first-order valence-electron chi connectivity index (χ1n) is 6.10. The smallest absolute Gasteiger partial charge is 0.138 e. The van der Waals surface area contributed by atoms with Crippen LogP contribution < -0.4 is 4.74 Å². The van der Waals surface area contributed by atoms with E-state index in [9.17, 15) is 4.39 Å². The van der Waals surface area contributed by atoms with Crippen LogP contribution in [-0.2, 0) is 0 Å². The zero-order valence-corrected chi connectivity index (χ0v) is 10.9. The Kier molecular flexibility index (Phi) is 4.80. The first-order valence-corrected chi connectivity index (χ1v) is 6.48. The fraction of sp³-hybridized carbons (Fsp3) is 0.538. The average molecular weight is 274 g/mol. The lowest BCUT2D eigenvalue weighted by Gasteiger charge is -2.16. The molecule has 1 heterocycles. The van der Waals surface area contributed by atoms with Gasteiger partial charge in [0.2, 0.25) is 0 Å². The molecule has 1 aliphatic heterocycles. The quantitative estimate of drug-likeness (QED) is 0.893. The highest BCUT2D eigenvalue weighted by Crippen LogP contribution is 2.25. The molecule has 0 amide bonds. The van der Waals surface area contributed by atoms with Crippen LogP contribution in [0, 0.1) is 11.7 Å². The van der Waals surface area contributed by atoms with Gasteiger partial charge in [-0.05, 0) is 37.1 Å². The van der Waals surface area contributed by atoms with Crippen molar-refractivity contribution in [1.82, 2.24) is 4.90 Å². The number of hydrogen-bond donors (Lipinski definition) is 1. The van der Waals surface area contributed by atoms with Gasteiger partial charge >= 0.3 is 0 Å². The predicted molar refractivity (Wildman–Crippen MR) is 68.5 cm³/mol. The van der Waals surface area contributed by atoms with Crippen LogP contribution in [0.3, 0.4) is 0 Å². The lowest BCUT2D eigenvalue weighted by molar-refractivity contribution is 0.204. The van der Waals surface area contributed by atoms with E-state index in [0.717, 1.165) is 26.1 Å². The van der Waals surface area contributed by atoms with E-state index in [4.69, 9.17) is 21.4 Å². The Morgan fingerprint density at radius 3 is 3.00 bits per heavy atom. The summed E-state index contributed by atoms with van der Waals surface area (Å²) in [5.41, 5.74) is 0. The van der Waals surface area contributed by atoms with Gasteiger partial charge in [0.1, 0.15) is 18.2 Å². The third-order valence-electron chi connectivity index (χ3n) is 3.19. The number of aliphatic hydroxyl groups is 1. The summed E-state index contributed by atoms with van der Waals surface area (Å²) in [7, 11) is 0. The number of likely N-dealkylation sites (tertiary alicyclic amines) is 1. The van der Waals surface area contributed by atoms with Gasteiger partial charge in [-0.15, -0.1) is 0 Å². The Balaban J connectivity index is 1.75. The van der Waals surface area contributed by atoms with Gasteiger partial charge in [-0.3, -0.25) is 4.90 Å². The van der Waals surface area contributed by atoms with Crippen LogP contribution in [0.5, 0.6) is 5.75 Å². The van der Waals surface area contributed by atoms with E-state index < -0.39 is 0 Å². The largest absolute Gasteiger partial charge is 0.491 e. The summed E-state index contributed by atoms with van der Waals surface area (Å²) in [5.74, 6) is 0.535. The zero-order valence-electron chi connectivity index (χ0n) is 10.1. The molecule has 1 aromatic rings. The second-order valence-electron chi connectivity index (χ2n) is 4.56. The minimum absolute atomic E-state index is 0.251. The SMILES string of the molecule is OCC1CCN(CCOc2ccc(F)cc2Cl)C1. The number of ether oxygens (including phenoxy) is 1. The van der Waals surface area contributed by atoms with Crippen LogP contribution in [0.4, 0.5) is 4.39 Å². The molecule has 0 aliphatic carbocycles. The van der Waals surface area contributed by atoms with Crippen molar-refractivity contribution >= 4 is 11.6 Å². The van der Waals surface area contributed by atoms with Gasteiger partial charge < -0.3 is 9.84 Å². The molecule has 1 saturated heterocycles. The topological polar surface area (TPSA) is 32.7 Å². The normalized spacial score (nSPS) is 20.3. The Labute approximate surface area is 111 Å². The number of halogens is 2. The Morgan fingerprint density at radius 2 is 2.33 bits per heavy atom. The van der Waals surface area contributed by atoms with Gasteiger partial charge in [-0.1, -0.05) is 11.6 Å². The van der Waals surface area contributed by atoms with E-state index in [-0.39, 0.29) is 12.4 Å². The van der Waals surface area contributed by atoms with Crippen molar-refractivity contribution in [2.75, 3.05) is 32.8 Å². The maximum Gasteiger partial charge on any atom is 0.138 e. The van der Waals surface area contributed by atoms with E-state index in [1.807, 2.05) is 0 Å². The molecular weight excluding hydrogens is 257 g/mol. The van der Waals surface area contributed by atoms with Crippen molar-refractivity contribution in [1.29, 1.82) is 0 Å². The number of rotatable bonds is 5. The third-order valence-corrected chi connectivity index (χ3v) is 3.48. The first-order chi connectivity index (χ1) is 8.69. The Hall–Kier alpha value is -0.840. The van der Waals surface area contributed by atoms with Crippen LogP contribution in [0.2, 0.25) is 5.02 Å². The molecule has 1 unspecified atom stereocenters. The second-order valence-corrected chi connectivity index (χ2v) is 4.97. The highest BCUT2D eigenvalue weighted by Gasteiger charge is 2.21. The van der Waals surface area contributed by atoms with E-state index in [2.05, 4.69) is 4.90 Å². The van der Waals surface area contributed by atoms with Crippen molar-refractivity contribution in [3.63, 3.8) is 0 Å². The first kappa shape index (κ1) is 13.6. The number of nitrogens with zero attached hydrogens (tertiary/aromatic N) is 1. The number of aliphatic hydroxyl groups excluding tert-OH is 1. The van der Waals surface area contributed by atoms with Crippen molar-refractivity contribution in [2.24, 2.45) is 5.92 Å². The molecule has 1 fully saturated rings. The molecule has 2 rings (SSSR count). The van der Waals surface area contributed by atoms with Crippen LogP contribution >= 0.6 is 11.6 Å². The highest BCUT2D eigenvalue weighted by molar-refractivity contribution is 6.32. The van der Waals surface area contributed by atoms with Gasteiger partial charge in [-0.2, -0.15) is 0 Å². The third kappa shape index (κ3) is 3.57. The molecule has 0 spiro atoms. The summed E-state index contributed by atoms with van der Waals surface area (Å²) in [6, 6.07) is 4.12. The van der Waals surface area contributed by atoms with Crippen LogP contribution in [-0.4, -0.2) is 42.9 Å². The maximum absolute atomic E-state index is 12.8. The summed E-state index contributed by atoms with van der Waals surface area (Å²) in [6.45, 7) is 3.47. The van der Waals surface area contributed by atoms with Crippen molar-refractivity contribution < 1.29 is 14.2 Å². The summed E-state index contributed by atoms with van der Waals surface area (Å²) >= 11 is 5.86. The Bertz CT molecular complexity index is 403. The fourth-order valence-electron chi connectivity index (χ4n) is 2.14. The van der Waals surface area contributed by atoms with E-state index >= 15 is 0 Å². The summed E-state index contributed by atoms with van der Waals surface area (Å²) in [5, 5.41) is 9.33. The van der Waals surface area contributed by atoms with Gasteiger partial charge in [0, 0.05) is 19.7 Å². The van der Waals surface area contributed by atoms with Crippen molar-refractivity contribution in [2.45, 2.75) is 6.42 Å². The Morgan fingerprint density at radius 1 is 1.50 bits per heavy atom. The van der Waals surface area contributed by atoms with Gasteiger partial charge in [0.25, 0.3) is 0 Å². The minimum atomic E-state index is -0.363. The van der Waals surface area contributed by atoms with Crippen LogP contribution in [0.15, 0.2) is 18.2 Å². The van der Waals surface area contributed by atoms with E-state index in [1.165, 1.54) is 18.2 Å². The zero-order chi connectivity index (χ0) is 13.0. The fourth-order valence-corrected chi connectivity index (χ4v) is 2.36. The molecule has 3 nitrogen and oxygen atoms in total. The number of benzene rings is 1. The van der Waals surface area contributed by atoms with Crippen LogP contribution in [0.1, 0.15) is 6.42 Å². The molecule has 100 valence electrons. The molecule has 0 radical (unpaired) electrons. The highest BCUT2D eigenvalue weighted by atomic mass is 35.5. The molecule has 5 heteroatoms. The molecule has 1 aromatic carbocycles. The molecule has 1 atom stereocenters. The van der Waals surface area contributed by atoms with Crippen molar-refractivity contribution in [3.05, 3.63) is 29.0 Å². The van der Waals surface area contributed by atoms with Gasteiger partial charge in [0.05, 0.1) is 5.02 Å². The lowest BCUT2D eigenvalue weighted by atomic mass is 10.1. The molecule has 1 N–H and O–H groups in total. The standard InChI is InChI=1S/C13H17ClFNO2/c14-12-7-11(15)1-2-13(12)18-6-5-16-4-3-10(8-16)9-17/h1-2,7,10,17H,3-6,8-9H2. The summed E-state index contributed by atoms with van der Waals surface area (Å²) < 4.78 is 18.3. The number of hydrogen-bond acceptors (Lipinski definition) is 3. The predicted octanol–water partition coefficient (Wildman–Crippen LogP) is 2.17.